The summed E-state index contributed by atoms with van der Waals surface area (Å²) in [6.07, 6.45) is 0.875. The van der Waals surface area contributed by atoms with Gasteiger partial charge in [0.25, 0.3) is 0 Å². The number of halogens is 1. The second kappa shape index (κ2) is 5.82. The summed E-state index contributed by atoms with van der Waals surface area (Å²) in [4.78, 5) is 5.86. The van der Waals surface area contributed by atoms with Crippen molar-refractivity contribution in [3.8, 4) is 16.3 Å². The van der Waals surface area contributed by atoms with Gasteiger partial charge in [0.1, 0.15) is 10.8 Å². The second-order valence-electron chi connectivity index (χ2n) is 3.91. The Labute approximate surface area is 119 Å². The SMILES string of the molecule is COc1ccc(Br)cc1-c1nc(C)c(CCN)s1. The first-order valence-corrected chi connectivity index (χ1v) is 7.27. The molecule has 2 N–H and O–H groups in total. The average molecular weight is 327 g/mol. The number of nitrogens with zero attached hydrogens (tertiary/aromatic N) is 1. The number of aromatic nitrogens is 1. The summed E-state index contributed by atoms with van der Waals surface area (Å²) < 4.78 is 6.40. The maximum atomic E-state index is 5.60. The van der Waals surface area contributed by atoms with Crippen LogP contribution in [0.2, 0.25) is 0 Å². The van der Waals surface area contributed by atoms with Crippen LogP contribution in [-0.4, -0.2) is 18.6 Å². The molecule has 1 aromatic carbocycles. The minimum Gasteiger partial charge on any atom is -0.496 e. The summed E-state index contributed by atoms with van der Waals surface area (Å²) >= 11 is 5.16. The zero-order valence-corrected chi connectivity index (χ0v) is 12.8. The van der Waals surface area contributed by atoms with Crippen molar-refractivity contribution in [1.82, 2.24) is 4.98 Å². The van der Waals surface area contributed by atoms with Gasteiger partial charge in [-0.15, -0.1) is 11.3 Å². The van der Waals surface area contributed by atoms with Crippen molar-refractivity contribution in [1.29, 1.82) is 0 Å². The first-order valence-electron chi connectivity index (χ1n) is 5.66. The first kappa shape index (κ1) is 13.5. The number of rotatable bonds is 4. The molecule has 2 rings (SSSR count). The van der Waals surface area contributed by atoms with Crippen molar-refractivity contribution >= 4 is 27.3 Å². The molecule has 0 aliphatic rings. The van der Waals surface area contributed by atoms with Crippen LogP contribution < -0.4 is 10.5 Å². The van der Waals surface area contributed by atoms with Gasteiger partial charge in [-0.05, 0) is 38.1 Å². The van der Waals surface area contributed by atoms with Gasteiger partial charge in [-0.25, -0.2) is 4.98 Å². The lowest BCUT2D eigenvalue weighted by Gasteiger charge is -2.06. The van der Waals surface area contributed by atoms with Crippen LogP contribution in [0.1, 0.15) is 10.6 Å². The molecule has 0 unspecified atom stereocenters. The van der Waals surface area contributed by atoms with E-state index in [4.69, 9.17) is 10.5 Å². The third-order valence-electron chi connectivity index (χ3n) is 2.66. The van der Waals surface area contributed by atoms with Crippen LogP contribution in [-0.2, 0) is 6.42 Å². The molecule has 3 nitrogen and oxygen atoms in total. The normalized spacial score (nSPS) is 10.7. The largest absolute Gasteiger partial charge is 0.496 e. The van der Waals surface area contributed by atoms with E-state index >= 15 is 0 Å². The zero-order valence-electron chi connectivity index (χ0n) is 10.4. The highest BCUT2D eigenvalue weighted by atomic mass is 79.9. The predicted octanol–water partition coefficient (Wildman–Crippen LogP) is 3.39. The molecule has 0 saturated carbocycles. The van der Waals surface area contributed by atoms with E-state index in [1.54, 1.807) is 18.4 Å². The van der Waals surface area contributed by atoms with Crippen LogP contribution in [0.3, 0.4) is 0 Å². The Balaban J connectivity index is 2.47. The Kier molecular flexibility index (Phi) is 4.37. The molecule has 1 aromatic heterocycles. The number of hydrogen-bond donors (Lipinski definition) is 1. The van der Waals surface area contributed by atoms with E-state index in [9.17, 15) is 0 Å². The summed E-state index contributed by atoms with van der Waals surface area (Å²) in [7, 11) is 1.67. The van der Waals surface area contributed by atoms with E-state index in [1.165, 1.54) is 4.88 Å². The van der Waals surface area contributed by atoms with E-state index in [0.29, 0.717) is 6.54 Å². The summed E-state index contributed by atoms with van der Waals surface area (Å²) in [5.41, 5.74) is 7.68. The minimum atomic E-state index is 0.651. The molecule has 1 heterocycles. The monoisotopic (exact) mass is 326 g/mol. The lowest BCUT2D eigenvalue weighted by molar-refractivity contribution is 0.416. The fourth-order valence-electron chi connectivity index (χ4n) is 1.75. The molecule has 0 radical (unpaired) electrons. The molecule has 0 saturated heterocycles. The first-order chi connectivity index (χ1) is 8.65. The van der Waals surface area contributed by atoms with Gasteiger partial charge in [0.15, 0.2) is 0 Å². The molecular weight excluding hydrogens is 312 g/mol. The summed E-state index contributed by atoms with van der Waals surface area (Å²) in [6, 6.07) is 5.94. The van der Waals surface area contributed by atoms with Gasteiger partial charge in [0, 0.05) is 9.35 Å². The van der Waals surface area contributed by atoms with Crippen LogP contribution in [0.15, 0.2) is 22.7 Å². The smallest absolute Gasteiger partial charge is 0.129 e. The van der Waals surface area contributed by atoms with Gasteiger partial charge in [-0.2, -0.15) is 0 Å². The van der Waals surface area contributed by atoms with Crippen molar-refractivity contribution in [3.63, 3.8) is 0 Å². The van der Waals surface area contributed by atoms with E-state index < -0.39 is 0 Å². The van der Waals surface area contributed by atoms with Crippen molar-refractivity contribution < 1.29 is 4.74 Å². The standard InChI is InChI=1S/C13H15BrN2OS/c1-8-12(5-6-15)18-13(16-8)10-7-9(14)3-4-11(10)17-2/h3-4,7H,5-6,15H2,1-2H3. The van der Waals surface area contributed by atoms with Crippen LogP contribution in [0, 0.1) is 6.92 Å². The second-order valence-corrected chi connectivity index (χ2v) is 5.91. The molecular formula is C13H15BrN2OS. The molecule has 0 atom stereocenters. The van der Waals surface area contributed by atoms with Gasteiger partial charge in [-0.3, -0.25) is 0 Å². The molecule has 0 aliphatic carbocycles. The van der Waals surface area contributed by atoms with Crippen LogP contribution in [0.5, 0.6) is 5.75 Å². The fraction of sp³-hybridized carbons (Fsp3) is 0.308. The zero-order chi connectivity index (χ0) is 13.1. The van der Waals surface area contributed by atoms with Gasteiger partial charge >= 0.3 is 0 Å². The number of aryl methyl sites for hydroxylation is 1. The number of hydrogen-bond acceptors (Lipinski definition) is 4. The quantitative estimate of drug-likeness (QED) is 0.936. The van der Waals surface area contributed by atoms with E-state index in [2.05, 4.69) is 20.9 Å². The highest BCUT2D eigenvalue weighted by Gasteiger charge is 2.13. The lowest BCUT2D eigenvalue weighted by Crippen LogP contribution is -2.01. The Morgan fingerprint density at radius 3 is 2.89 bits per heavy atom. The maximum Gasteiger partial charge on any atom is 0.129 e. The number of benzene rings is 1. The van der Waals surface area contributed by atoms with Gasteiger partial charge < -0.3 is 10.5 Å². The Hall–Kier alpha value is -0.910. The average Bonchev–Trinajstić information content (AvgIpc) is 2.71. The fourth-order valence-corrected chi connectivity index (χ4v) is 3.21. The third-order valence-corrected chi connectivity index (χ3v) is 4.40. The molecule has 0 fully saturated rings. The van der Waals surface area contributed by atoms with Crippen molar-refractivity contribution in [2.75, 3.05) is 13.7 Å². The predicted molar refractivity (Wildman–Crippen MR) is 79.3 cm³/mol. The minimum absolute atomic E-state index is 0.651. The van der Waals surface area contributed by atoms with Crippen LogP contribution >= 0.6 is 27.3 Å². The molecule has 18 heavy (non-hydrogen) atoms. The third kappa shape index (κ3) is 2.74. The highest BCUT2D eigenvalue weighted by molar-refractivity contribution is 9.10. The van der Waals surface area contributed by atoms with Gasteiger partial charge in [0.2, 0.25) is 0 Å². The van der Waals surface area contributed by atoms with E-state index in [-0.39, 0.29) is 0 Å². The summed E-state index contributed by atoms with van der Waals surface area (Å²) in [5, 5.41) is 0.981. The number of ether oxygens (including phenoxy) is 1. The van der Waals surface area contributed by atoms with Crippen molar-refractivity contribution in [2.45, 2.75) is 13.3 Å². The molecule has 5 heteroatoms. The number of nitrogens with two attached hydrogens (primary N) is 1. The topological polar surface area (TPSA) is 48.1 Å². The summed E-state index contributed by atoms with van der Waals surface area (Å²) in [6.45, 7) is 2.67. The lowest BCUT2D eigenvalue weighted by atomic mass is 10.2. The number of methoxy groups -OCH3 is 1. The van der Waals surface area contributed by atoms with Crippen molar-refractivity contribution in [2.24, 2.45) is 5.73 Å². The van der Waals surface area contributed by atoms with Crippen LogP contribution in [0.25, 0.3) is 10.6 Å². The molecule has 0 amide bonds. The van der Waals surface area contributed by atoms with Crippen molar-refractivity contribution in [3.05, 3.63) is 33.2 Å². The highest BCUT2D eigenvalue weighted by Crippen LogP contribution is 2.36. The molecule has 96 valence electrons. The van der Waals surface area contributed by atoms with Gasteiger partial charge in [-0.1, -0.05) is 15.9 Å². The Morgan fingerprint density at radius 1 is 1.44 bits per heavy atom. The van der Waals surface area contributed by atoms with Crippen LogP contribution in [0.4, 0.5) is 0 Å². The van der Waals surface area contributed by atoms with E-state index in [0.717, 1.165) is 32.9 Å². The number of thiazole rings is 1. The molecule has 0 aliphatic heterocycles. The molecule has 0 bridgehead atoms. The van der Waals surface area contributed by atoms with Gasteiger partial charge in [0.05, 0.1) is 18.4 Å². The van der Waals surface area contributed by atoms with E-state index in [1.807, 2.05) is 25.1 Å². The Bertz CT molecular complexity index is 554. The summed E-state index contributed by atoms with van der Waals surface area (Å²) in [5.74, 6) is 0.839. The molecule has 2 aromatic rings. The molecule has 0 spiro atoms. The maximum absolute atomic E-state index is 5.60. The Morgan fingerprint density at radius 2 is 2.22 bits per heavy atom.